The summed E-state index contributed by atoms with van der Waals surface area (Å²) in [6.45, 7) is -0.498. The van der Waals surface area contributed by atoms with Crippen LogP contribution in [0.25, 0.3) is 6.08 Å². The summed E-state index contributed by atoms with van der Waals surface area (Å²) < 4.78 is 15.6. The van der Waals surface area contributed by atoms with Gasteiger partial charge in [-0.3, -0.25) is 19.3 Å². The van der Waals surface area contributed by atoms with Crippen LogP contribution in [0.15, 0.2) is 35.2 Å². The van der Waals surface area contributed by atoms with E-state index in [1.165, 1.54) is 38.5 Å². The van der Waals surface area contributed by atoms with Gasteiger partial charge in [0.2, 0.25) is 11.7 Å². The number of carboxylic acids is 2. The van der Waals surface area contributed by atoms with Crippen LogP contribution in [0.4, 0.5) is 0 Å². The maximum Gasteiger partial charge on any atom is 0.373 e. The second-order valence-corrected chi connectivity index (χ2v) is 10.0. The molecule has 1 saturated heterocycles. The van der Waals surface area contributed by atoms with Crippen molar-refractivity contribution in [3.05, 3.63) is 40.8 Å². The van der Waals surface area contributed by atoms with E-state index < -0.39 is 64.9 Å². The zero-order valence-electron chi connectivity index (χ0n) is 22.0. The third kappa shape index (κ3) is 6.55. The lowest BCUT2D eigenvalue weighted by Crippen LogP contribution is -2.80. The molecular weight excluding hydrogens is 566 g/mol. The lowest BCUT2D eigenvalue weighted by molar-refractivity contribution is -0.192. The van der Waals surface area contributed by atoms with Gasteiger partial charge >= 0.3 is 17.9 Å². The lowest BCUT2D eigenvalue weighted by atomic mass is 9.97. The third-order valence-electron chi connectivity index (χ3n) is 6.29. The number of aromatic hydroxyl groups is 2. The molecule has 2 aliphatic heterocycles. The first-order valence-corrected chi connectivity index (χ1v) is 13.1. The standard InChI is InChI=1S/C25H29N3O12S/c1-38-17(9-12-6-7-15(29)16(30)8-12)22(36)40-10-13-11-41-24-25(39-2,23(37)28(24)19(13)21(34)35)27-18(31)5-3-4-14(26)20(32)33/h6-9,14,24,29-30H,3-5,10-11,26H2,1-2H3,(H,27,31)(H,32,33)(H,34,35)/b17-9+. The van der Waals surface area contributed by atoms with Crippen molar-refractivity contribution >= 4 is 47.6 Å². The quantitative estimate of drug-likeness (QED) is 0.0437. The van der Waals surface area contributed by atoms with Crippen LogP contribution in [0.1, 0.15) is 24.8 Å². The molecular formula is C25H29N3O12S. The summed E-state index contributed by atoms with van der Waals surface area (Å²) in [6, 6.07) is 2.67. The Morgan fingerprint density at radius 2 is 1.93 bits per heavy atom. The lowest BCUT2D eigenvalue weighted by Gasteiger charge is -2.55. The van der Waals surface area contributed by atoms with Crippen molar-refractivity contribution in [2.75, 3.05) is 26.6 Å². The van der Waals surface area contributed by atoms with E-state index in [0.29, 0.717) is 5.56 Å². The molecule has 0 aromatic heterocycles. The molecule has 41 heavy (non-hydrogen) atoms. The number of benzene rings is 1. The number of carboxylic acid groups (broad SMARTS) is 2. The Balaban J connectivity index is 1.71. The van der Waals surface area contributed by atoms with Gasteiger partial charge in [0.05, 0.1) is 7.11 Å². The number of nitrogens with zero attached hydrogens (tertiary/aromatic N) is 1. The monoisotopic (exact) mass is 595 g/mol. The number of ether oxygens (including phenoxy) is 3. The predicted molar refractivity (Wildman–Crippen MR) is 141 cm³/mol. The Morgan fingerprint density at radius 1 is 1.22 bits per heavy atom. The zero-order chi connectivity index (χ0) is 30.5. The normalized spacial score (nSPS) is 21.0. The smallest absolute Gasteiger partial charge is 0.373 e. The van der Waals surface area contributed by atoms with Crippen LogP contribution in [0.3, 0.4) is 0 Å². The van der Waals surface area contributed by atoms with E-state index in [1.807, 2.05) is 0 Å². The molecule has 1 aromatic carbocycles. The van der Waals surface area contributed by atoms with Gasteiger partial charge < -0.3 is 45.7 Å². The van der Waals surface area contributed by atoms with Crippen molar-refractivity contribution in [3.8, 4) is 11.5 Å². The van der Waals surface area contributed by atoms with Crippen LogP contribution in [0.2, 0.25) is 0 Å². The van der Waals surface area contributed by atoms with Gasteiger partial charge in [-0.25, -0.2) is 9.59 Å². The summed E-state index contributed by atoms with van der Waals surface area (Å²) in [5.41, 5.74) is 3.58. The second kappa shape index (κ2) is 12.9. The number of hydrogen-bond acceptors (Lipinski definition) is 12. The van der Waals surface area contributed by atoms with Gasteiger partial charge in [0, 0.05) is 24.9 Å². The van der Waals surface area contributed by atoms with Gasteiger partial charge in [0.25, 0.3) is 11.6 Å². The number of carbonyl (C=O) groups excluding carboxylic acids is 3. The van der Waals surface area contributed by atoms with Crippen LogP contribution >= 0.6 is 11.8 Å². The molecule has 7 N–H and O–H groups in total. The fourth-order valence-electron chi connectivity index (χ4n) is 4.14. The fraction of sp³-hybridized carbons (Fsp3) is 0.400. The number of esters is 1. The van der Waals surface area contributed by atoms with Crippen LogP contribution in [-0.4, -0.2) is 98.8 Å². The number of carbonyl (C=O) groups is 5. The zero-order valence-corrected chi connectivity index (χ0v) is 22.8. The summed E-state index contributed by atoms with van der Waals surface area (Å²) in [5, 5.41) is 39.4. The predicted octanol–water partition coefficient (Wildman–Crippen LogP) is -0.0768. The number of nitrogens with one attached hydrogen (secondary N) is 1. The molecule has 15 nitrogen and oxygen atoms in total. The van der Waals surface area contributed by atoms with E-state index in [0.717, 1.165) is 16.7 Å². The van der Waals surface area contributed by atoms with Crippen molar-refractivity contribution in [3.63, 3.8) is 0 Å². The highest BCUT2D eigenvalue weighted by Crippen LogP contribution is 2.46. The maximum atomic E-state index is 13.2. The van der Waals surface area contributed by atoms with Crippen LogP contribution in [0.5, 0.6) is 11.5 Å². The summed E-state index contributed by atoms with van der Waals surface area (Å²) in [6.07, 6.45) is 1.27. The van der Waals surface area contributed by atoms with Gasteiger partial charge in [-0.1, -0.05) is 6.07 Å². The molecule has 1 aromatic rings. The second-order valence-electron chi connectivity index (χ2n) is 8.96. The number of nitrogens with two attached hydrogens (primary N) is 1. The van der Waals surface area contributed by atoms with Gasteiger partial charge in [0.1, 0.15) is 23.7 Å². The Morgan fingerprint density at radius 3 is 2.51 bits per heavy atom. The summed E-state index contributed by atoms with van der Waals surface area (Å²) in [5.74, 6) is -6.13. The van der Waals surface area contributed by atoms with Gasteiger partial charge in [0.15, 0.2) is 11.5 Å². The van der Waals surface area contributed by atoms with Gasteiger partial charge in [-0.2, -0.15) is 0 Å². The summed E-state index contributed by atoms with van der Waals surface area (Å²) >= 11 is 1.08. The Labute approximate surface area is 237 Å². The van der Waals surface area contributed by atoms with E-state index in [4.69, 9.17) is 25.1 Å². The number of phenols is 2. The molecule has 3 atom stereocenters. The number of thioether (sulfide) groups is 1. The molecule has 16 heteroatoms. The first-order chi connectivity index (χ1) is 19.4. The van der Waals surface area contributed by atoms with Gasteiger partial charge in [-0.05, 0) is 36.6 Å². The Hall–Kier alpha value is -4.28. The van der Waals surface area contributed by atoms with Crippen LogP contribution in [-0.2, 0) is 38.2 Å². The molecule has 222 valence electrons. The number of phenolic OH excluding ortho intramolecular Hbond substituents is 2. The fourth-order valence-corrected chi connectivity index (χ4v) is 5.56. The van der Waals surface area contributed by atoms with Crippen molar-refractivity contribution in [2.24, 2.45) is 5.73 Å². The van der Waals surface area contributed by atoms with E-state index in [9.17, 15) is 39.3 Å². The number of rotatable bonds is 13. The topological polar surface area (TPSA) is 235 Å². The number of amides is 2. The molecule has 0 spiro atoms. The molecule has 0 bridgehead atoms. The number of methoxy groups -OCH3 is 2. The van der Waals surface area contributed by atoms with Crippen LogP contribution in [0, 0.1) is 0 Å². The molecule has 0 aliphatic carbocycles. The molecule has 0 saturated carbocycles. The van der Waals surface area contributed by atoms with Crippen molar-refractivity contribution in [2.45, 2.75) is 36.4 Å². The number of β-lactam (4-membered cyclic amide) rings is 1. The summed E-state index contributed by atoms with van der Waals surface area (Å²) in [4.78, 5) is 62.2. The first kappa shape index (κ1) is 31.3. The molecule has 2 heterocycles. The average Bonchev–Trinajstić information content (AvgIpc) is 2.94. The van der Waals surface area contributed by atoms with E-state index in [1.54, 1.807) is 0 Å². The highest BCUT2D eigenvalue weighted by Gasteiger charge is 2.66. The first-order valence-electron chi connectivity index (χ1n) is 12.1. The van der Waals surface area contributed by atoms with Crippen LogP contribution < -0.4 is 11.1 Å². The third-order valence-corrected chi connectivity index (χ3v) is 7.67. The Kier molecular flexibility index (Phi) is 9.85. The summed E-state index contributed by atoms with van der Waals surface area (Å²) in [7, 11) is 2.39. The average molecular weight is 596 g/mol. The minimum atomic E-state index is -1.85. The number of hydrogen-bond donors (Lipinski definition) is 6. The number of fused-ring (bicyclic) bond motifs is 1. The molecule has 2 aliphatic rings. The maximum absolute atomic E-state index is 13.2. The van der Waals surface area contributed by atoms with E-state index in [2.05, 4.69) is 5.32 Å². The van der Waals surface area contributed by atoms with Gasteiger partial charge in [-0.15, -0.1) is 11.8 Å². The van der Waals surface area contributed by atoms with Crippen molar-refractivity contribution < 1.29 is 58.6 Å². The highest BCUT2D eigenvalue weighted by molar-refractivity contribution is 8.00. The molecule has 1 fully saturated rings. The molecule has 0 radical (unpaired) electrons. The molecule has 3 rings (SSSR count). The Bertz CT molecular complexity index is 1310. The van der Waals surface area contributed by atoms with Crippen molar-refractivity contribution in [1.82, 2.24) is 10.2 Å². The minimum absolute atomic E-state index is 0.00959. The van der Waals surface area contributed by atoms with E-state index >= 15 is 0 Å². The molecule has 2 amide bonds. The van der Waals surface area contributed by atoms with E-state index in [-0.39, 0.29) is 42.1 Å². The SMILES string of the molecule is CO/C(=C/c1ccc(O)c(O)c1)C(=O)OCC1=C(C(=O)O)N2C(=O)C(NC(=O)CCCC(N)C(=O)O)(OC)C2SC1. The highest BCUT2D eigenvalue weighted by atomic mass is 32.2. The molecule has 3 unspecified atom stereocenters. The van der Waals surface area contributed by atoms with Crippen molar-refractivity contribution in [1.29, 1.82) is 0 Å². The largest absolute Gasteiger partial charge is 0.504 e. The minimum Gasteiger partial charge on any atom is -0.504 e. The number of aliphatic carboxylic acids is 2.